The summed E-state index contributed by atoms with van der Waals surface area (Å²) in [6, 6.07) is -0.710. The van der Waals surface area contributed by atoms with Gasteiger partial charge in [0.05, 0.1) is 19.3 Å². The highest BCUT2D eigenvalue weighted by Crippen LogP contribution is 2.35. The number of amides is 2. The van der Waals surface area contributed by atoms with Gasteiger partial charge in [-0.05, 0) is 34.2 Å². The number of H-pyrrole nitrogens is 1. The zero-order valence-electron chi connectivity index (χ0n) is 14.5. The molecule has 1 saturated heterocycles. The average Bonchev–Trinajstić information content (AvgIpc) is 3.16. The van der Waals surface area contributed by atoms with Gasteiger partial charge in [0, 0.05) is 6.54 Å². The number of hydrogen-bond acceptors (Lipinski definition) is 4. The van der Waals surface area contributed by atoms with E-state index in [4.69, 9.17) is 0 Å². The van der Waals surface area contributed by atoms with Gasteiger partial charge in [0.25, 0.3) is 0 Å². The fourth-order valence-corrected chi connectivity index (χ4v) is 3.38. The molecule has 1 aliphatic rings. The van der Waals surface area contributed by atoms with E-state index in [0.717, 1.165) is 23.3 Å². The second-order valence-corrected chi connectivity index (χ2v) is 7.32. The first-order valence-electron chi connectivity index (χ1n) is 8.22. The molecule has 0 saturated carbocycles. The summed E-state index contributed by atoms with van der Waals surface area (Å²) < 4.78 is 5.47. The fraction of sp³-hybridized carbons (Fsp3) is 0.688. The van der Waals surface area contributed by atoms with Crippen molar-refractivity contribution in [2.24, 2.45) is 11.8 Å². The van der Waals surface area contributed by atoms with Gasteiger partial charge in [0.1, 0.15) is 16.5 Å². The third kappa shape index (κ3) is 4.09. The van der Waals surface area contributed by atoms with Crippen LogP contribution < -0.4 is 5.32 Å². The van der Waals surface area contributed by atoms with Gasteiger partial charge in [-0.3, -0.25) is 4.79 Å². The van der Waals surface area contributed by atoms with Crippen molar-refractivity contribution >= 4 is 27.9 Å². The lowest BCUT2D eigenvalue weighted by Crippen LogP contribution is -2.51. The molecule has 24 heavy (non-hydrogen) atoms. The van der Waals surface area contributed by atoms with Crippen molar-refractivity contribution in [2.45, 2.75) is 45.7 Å². The third-order valence-electron chi connectivity index (χ3n) is 4.61. The predicted molar refractivity (Wildman–Crippen MR) is 93.3 cm³/mol. The zero-order valence-corrected chi connectivity index (χ0v) is 16.1. The Labute approximate surface area is 150 Å². The molecule has 0 unspecified atom stereocenters. The SMILES string of the molecule is CC[C@H](C)[C@H](NC(=O)OC)C(=O)N1C[C@@H](C)C[C@H]1c1ncc(Br)[nH]1. The Morgan fingerprint density at radius 1 is 1.58 bits per heavy atom. The number of alkyl carbamates (subject to hydrolysis) is 1. The summed E-state index contributed by atoms with van der Waals surface area (Å²) >= 11 is 3.36. The molecule has 2 amide bonds. The van der Waals surface area contributed by atoms with Crippen LogP contribution in [-0.2, 0) is 9.53 Å². The summed E-state index contributed by atoms with van der Waals surface area (Å²) in [5, 5.41) is 2.69. The molecule has 2 N–H and O–H groups in total. The average molecular weight is 401 g/mol. The molecule has 0 spiro atoms. The molecule has 7 nitrogen and oxygen atoms in total. The van der Waals surface area contributed by atoms with Gasteiger partial charge in [-0.25, -0.2) is 9.78 Å². The molecule has 2 heterocycles. The van der Waals surface area contributed by atoms with E-state index in [1.54, 1.807) is 6.20 Å². The highest BCUT2D eigenvalue weighted by Gasteiger charge is 2.40. The second-order valence-electron chi connectivity index (χ2n) is 6.46. The molecule has 8 heteroatoms. The number of imidazole rings is 1. The Kier molecular flexibility index (Phi) is 6.26. The van der Waals surface area contributed by atoms with Crippen molar-refractivity contribution in [3.8, 4) is 0 Å². The highest BCUT2D eigenvalue weighted by atomic mass is 79.9. The molecule has 1 fully saturated rings. The van der Waals surface area contributed by atoms with Crippen LogP contribution in [-0.4, -0.2) is 46.6 Å². The van der Waals surface area contributed by atoms with Crippen LogP contribution >= 0.6 is 15.9 Å². The van der Waals surface area contributed by atoms with Crippen LogP contribution in [0.3, 0.4) is 0 Å². The van der Waals surface area contributed by atoms with E-state index in [9.17, 15) is 9.59 Å². The van der Waals surface area contributed by atoms with Gasteiger partial charge >= 0.3 is 6.09 Å². The topological polar surface area (TPSA) is 87.3 Å². The molecule has 0 radical (unpaired) electrons. The van der Waals surface area contributed by atoms with Crippen LogP contribution in [0, 0.1) is 11.8 Å². The second kappa shape index (κ2) is 8.00. The molecule has 2 rings (SSSR count). The van der Waals surface area contributed by atoms with Crippen LogP contribution in [0.4, 0.5) is 4.79 Å². The Balaban J connectivity index is 2.23. The van der Waals surface area contributed by atoms with Crippen molar-refractivity contribution < 1.29 is 14.3 Å². The van der Waals surface area contributed by atoms with Gasteiger partial charge in [-0.2, -0.15) is 0 Å². The molecule has 0 aromatic carbocycles. The van der Waals surface area contributed by atoms with E-state index in [0.29, 0.717) is 12.5 Å². The van der Waals surface area contributed by atoms with E-state index in [1.807, 2.05) is 18.7 Å². The molecule has 0 aliphatic carbocycles. The maximum absolute atomic E-state index is 13.1. The predicted octanol–water partition coefficient (Wildman–Crippen LogP) is 2.85. The molecule has 1 aliphatic heterocycles. The van der Waals surface area contributed by atoms with Gasteiger partial charge in [0.15, 0.2) is 0 Å². The van der Waals surface area contributed by atoms with Gasteiger partial charge in [0.2, 0.25) is 5.91 Å². The summed E-state index contributed by atoms with van der Waals surface area (Å²) in [6.07, 6.45) is 2.73. The molecule has 134 valence electrons. The molecule has 1 aromatic heterocycles. The molecular formula is C16H25BrN4O3. The molecule has 4 atom stereocenters. The lowest BCUT2D eigenvalue weighted by atomic mass is 9.97. The van der Waals surface area contributed by atoms with E-state index in [-0.39, 0.29) is 17.9 Å². The first-order chi connectivity index (χ1) is 11.4. The lowest BCUT2D eigenvalue weighted by Gasteiger charge is -2.30. The normalized spacial score (nSPS) is 23.0. The lowest BCUT2D eigenvalue weighted by molar-refractivity contribution is -0.135. The minimum atomic E-state index is -0.603. The monoisotopic (exact) mass is 400 g/mol. The summed E-state index contributed by atoms with van der Waals surface area (Å²) in [7, 11) is 1.30. The number of carbonyl (C=O) groups excluding carboxylic acids is 2. The molecule has 0 bridgehead atoms. The number of halogens is 1. The zero-order chi connectivity index (χ0) is 17.9. The van der Waals surface area contributed by atoms with Crippen LogP contribution in [0.15, 0.2) is 10.8 Å². The number of aromatic amines is 1. The third-order valence-corrected chi connectivity index (χ3v) is 5.01. The standard InChI is InChI=1S/C16H25BrN4O3/c1-5-10(3)13(20-16(23)24-4)15(22)21-8-9(2)6-11(21)14-18-7-12(17)19-14/h7,9-11,13H,5-6,8H2,1-4H3,(H,18,19)(H,20,23)/t9-,10-,11-,13-/m0/s1. The number of carbonyl (C=O) groups is 2. The van der Waals surface area contributed by atoms with Crippen molar-refractivity contribution in [2.75, 3.05) is 13.7 Å². The fourth-order valence-electron chi connectivity index (χ4n) is 3.08. The van der Waals surface area contributed by atoms with Crippen LogP contribution in [0.25, 0.3) is 0 Å². The van der Waals surface area contributed by atoms with Crippen molar-refractivity contribution in [3.05, 3.63) is 16.6 Å². The number of nitrogens with one attached hydrogen (secondary N) is 2. The quantitative estimate of drug-likeness (QED) is 0.795. The number of ether oxygens (including phenoxy) is 1. The van der Waals surface area contributed by atoms with Crippen molar-refractivity contribution in [3.63, 3.8) is 0 Å². The smallest absolute Gasteiger partial charge is 0.407 e. The molecular weight excluding hydrogens is 376 g/mol. The maximum Gasteiger partial charge on any atom is 0.407 e. The summed E-state index contributed by atoms with van der Waals surface area (Å²) in [6.45, 7) is 6.72. The van der Waals surface area contributed by atoms with E-state index in [2.05, 4.69) is 42.9 Å². The maximum atomic E-state index is 13.1. The minimum absolute atomic E-state index is 0.0106. The van der Waals surface area contributed by atoms with E-state index < -0.39 is 12.1 Å². The summed E-state index contributed by atoms with van der Waals surface area (Å²) in [5.74, 6) is 1.06. The van der Waals surface area contributed by atoms with Crippen LogP contribution in [0.5, 0.6) is 0 Å². The minimum Gasteiger partial charge on any atom is -0.453 e. The highest BCUT2D eigenvalue weighted by molar-refractivity contribution is 9.10. The van der Waals surface area contributed by atoms with Crippen molar-refractivity contribution in [1.29, 1.82) is 0 Å². The number of likely N-dealkylation sites (tertiary alicyclic amines) is 1. The Morgan fingerprint density at radius 3 is 2.83 bits per heavy atom. The summed E-state index contributed by atoms with van der Waals surface area (Å²) in [4.78, 5) is 34.1. The van der Waals surface area contributed by atoms with Crippen molar-refractivity contribution in [1.82, 2.24) is 20.2 Å². The van der Waals surface area contributed by atoms with Crippen LogP contribution in [0.2, 0.25) is 0 Å². The molecule has 1 aromatic rings. The van der Waals surface area contributed by atoms with Gasteiger partial charge in [-0.15, -0.1) is 0 Å². The number of hydrogen-bond donors (Lipinski definition) is 2. The Bertz CT molecular complexity index is 592. The Morgan fingerprint density at radius 2 is 2.29 bits per heavy atom. The van der Waals surface area contributed by atoms with E-state index in [1.165, 1.54) is 7.11 Å². The Hall–Kier alpha value is -1.57. The first kappa shape index (κ1) is 18.8. The number of aromatic nitrogens is 2. The number of methoxy groups -OCH3 is 1. The van der Waals surface area contributed by atoms with Gasteiger partial charge < -0.3 is 19.9 Å². The van der Waals surface area contributed by atoms with E-state index >= 15 is 0 Å². The van der Waals surface area contributed by atoms with Crippen LogP contribution in [0.1, 0.15) is 45.5 Å². The number of rotatable bonds is 5. The number of nitrogens with zero attached hydrogens (tertiary/aromatic N) is 2. The largest absolute Gasteiger partial charge is 0.453 e. The van der Waals surface area contributed by atoms with Gasteiger partial charge in [-0.1, -0.05) is 27.2 Å². The summed E-state index contributed by atoms with van der Waals surface area (Å²) in [5.41, 5.74) is 0. The first-order valence-corrected chi connectivity index (χ1v) is 9.02.